The molecular formula is C11H11FN4O2S. The molecule has 2 rings (SSSR count). The lowest BCUT2D eigenvalue weighted by Gasteiger charge is -2.03. The molecule has 0 spiro atoms. The van der Waals surface area contributed by atoms with Crippen LogP contribution in [-0.2, 0) is 11.3 Å². The Balaban J connectivity index is 1.84. The van der Waals surface area contributed by atoms with Gasteiger partial charge in [-0.05, 0) is 18.2 Å². The Kier molecular flexibility index (Phi) is 4.48. The van der Waals surface area contributed by atoms with Crippen LogP contribution in [0.4, 0.5) is 10.1 Å². The highest BCUT2D eigenvalue weighted by Gasteiger charge is 2.09. The molecule has 0 saturated heterocycles. The van der Waals surface area contributed by atoms with Crippen LogP contribution in [0.5, 0.6) is 0 Å². The van der Waals surface area contributed by atoms with Crippen LogP contribution in [0.2, 0.25) is 0 Å². The average Bonchev–Trinajstić information content (AvgIpc) is 2.84. The lowest BCUT2D eigenvalue weighted by molar-refractivity contribution is -0.113. The summed E-state index contributed by atoms with van der Waals surface area (Å²) in [7, 11) is 0. The van der Waals surface area contributed by atoms with Gasteiger partial charge in [0.2, 0.25) is 11.8 Å². The molecule has 19 heavy (non-hydrogen) atoms. The molecule has 8 heteroatoms. The standard InChI is InChI=1S/C11H11FN4O2S/c12-7-2-1-3-8(4-7)14-9(17)6-19-11-16-15-10(5-13)18-11/h1-4H,5-6,13H2,(H,14,17). The SMILES string of the molecule is NCc1nnc(SCC(=O)Nc2cccc(F)c2)o1. The van der Waals surface area contributed by atoms with Crippen molar-refractivity contribution in [3.8, 4) is 0 Å². The quantitative estimate of drug-likeness (QED) is 0.805. The van der Waals surface area contributed by atoms with Gasteiger partial charge in [-0.25, -0.2) is 4.39 Å². The first kappa shape index (κ1) is 13.5. The predicted octanol–water partition coefficient (Wildman–Crippen LogP) is 1.40. The number of aromatic nitrogens is 2. The maximum absolute atomic E-state index is 12.9. The van der Waals surface area contributed by atoms with Gasteiger partial charge in [-0.15, -0.1) is 10.2 Å². The Morgan fingerprint density at radius 1 is 1.47 bits per heavy atom. The zero-order valence-corrected chi connectivity index (χ0v) is 10.6. The van der Waals surface area contributed by atoms with Gasteiger partial charge in [0.25, 0.3) is 5.22 Å². The third kappa shape index (κ3) is 4.04. The number of carbonyl (C=O) groups excluding carboxylic acids is 1. The van der Waals surface area contributed by atoms with Crippen molar-refractivity contribution in [2.24, 2.45) is 5.73 Å². The minimum atomic E-state index is -0.407. The highest BCUT2D eigenvalue weighted by Crippen LogP contribution is 2.16. The van der Waals surface area contributed by atoms with Crippen molar-refractivity contribution in [1.82, 2.24) is 10.2 Å². The first-order valence-electron chi connectivity index (χ1n) is 5.38. The van der Waals surface area contributed by atoms with E-state index in [1.54, 1.807) is 6.07 Å². The molecule has 1 amide bonds. The lowest BCUT2D eigenvalue weighted by atomic mass is 10.3. The normalized spacial score (nSPS) is 10.4. The molecule has 3 N–H and O–H groups in total. The van der Waals surface area contributed by atoms with Crippen molar-refractivity contribution in [2.45, 2.75) is 11.8 Å². The van der Waals surface area contributed by atoms with Gasteiger partial charge in [-0.1, -0.05) is 17.8 Å². The van der Waals surface area contributed by atoms with E-state index in [-0.39, 0.29) is 23.4 Å². The van der Waals surface area contributed by atoms with Gasteiger partial charge in [-0.3, -0.25) is 4.79 Å². The molecule has 0 saturated carbocycles. The Morgan fingerprint density at radius 3 is 3.00 bits per heavy atom. The Bertz CT molecular complexity index is 575. The lowest BCUT2D eigenvalue weighted by Crippen LogP contribution is -2.14. The summed E-state index contributed by atoms with van der Waals surface area (Å²) >= 11 is 1.09. The van der Waals surface area contributed by atoms with Crippen molar-refractivity contribution >= 4 is 23.4 Å². The molecule has 0 aliphatic carbocycles. The molecule has 0 unspecified atom stereocenters. The zero-order chi connectivity index (χ0) is 13.7. The summed E-state index contributed by atoms with van der Waals surface area (Å²) < 4.78 is 18.0. The van der Waals surface area contributed by atoms with E-state index < -0.39 is 5.82 Å². The van der Waals surface area contributed by atoms with E-state index in [1.165, 1.54) is 18.2 Å². The largest absolute Gasteiger partial charge is 0.415 e. The third-order valence-corrected chi connectivity index (χ3v) is 2.88. The molecule has 1 aromatic carbocycles. The Labute approximate surface area is 112 Å². The van der Waals surface area contributed by atoms with Gasteiger partial charge in [0.15, 0.2) is 0 Å². The Hall–Kier alpha value is -1.93. The van der Waals surface area contributed by atoms with Crippen molar-refractivity contribution in [3.05, 3.63) is 36.0 Å². The number of hydrogen-bond acceptors (Lipinski definition) is 6. The van der Waals surface area contributed by atoms with E-state index in [9.17, 15) is 9.18 Å². The number of benzene rings is 1. The van der Waals surface area contributed by atoms with Crippen LogP contribution in [0.3, 0.4) is 0 Å². The van der Waals surface area contributed by atoms with Crippen LogP contribution in [0.1, 0.15) is 5.89 Å². The van der Waals surface area contributed by atoms with Gasteiger partial charge in [0, 0.05) is 5.69 Å². The summed E-state index contributed by atoms with van der Waals surface area (Å²) in [5, 5.41) is 10.2. The van der Waals surface area contributed by atoms with E-state index in [0.29, 0.717) is 11.6 Å². The topological polar surface area (TPSA) is 94.0 Å². The fourth-order valence-electron chi connectivity index (χ4n) is 1.27. The average molecular weight is 282 g/mol. The molecule has 0 bridgehead atoms. The summed E-state index contributed by atoms with van der Waals surface area (Å²) in [6, 6.07) is 5.66. The van der Waals surface area contributed by atoms with Crippen LogP contribution >= 0.6 is 11.8 Å². The van der Waals surface area contributed by atoms with Crippen LogP contribution < -0.4 is 11.1 Å². The Morgan fingerprint density at radius 2 is 2.32 bits per heavy atom. The number of rotatable bonds is 5. The molecule has 100 valence electrons. The first-order valence-corrected chi connectivity index (χ1v) is 6.36. The van der Waals surface area contributed by atoms with Crippen molar-refractivity contribution in [2.75, 3.05) is 11.1 Å². The molecule has 1 heterocycles. The van der Waals surface area contributed by atoms with Gasteiger partial charge in [0.1, 0.15) is 5.82 Å². The summed E-state index contributed by atoms with van der Waals surface area (Å²) in [5.74, 6) is -0.297. The molecular weight excluding hydrogens is 271 g/mol. The second kappa shape index (κ2) is 6.30. The van der Waals surface area contributed by atoms with Crippen LogP contribution in [0, 0.1) is 5.82 Å². The number of amides is 1. The van der Waals surface area contributed by atoms with Gasteiger partial charge in [0.05, 0.1) is 12.3 Å². The number of anilines is 1. The highest BCUT2D eigenvalue weighted by atomic mass is 32.2. The molecule has 2 aromatic rings. The molecule has 0 aliphatic heterocycles. The highest BCUT2D eigenvalue weighted by molar-refractivity contribution is 7.99. The second-order valence-corrected chi connectivity index (χ2v) is 4.44. The van der Waals surface area contributed by atoms with Crippen molar-refractivity contribution < 1.29 is 13.6 Å². The first-order chi connectivity index (χ1) is 9.17. The number of carbonyl (C=O) groups is 1. The number of nitrogens with two attached hydrogens (primary N) is 1. The third-order valence-electron chi connectivity index (χ3n) is 2.06. The molecule has 6 nitrogen and oxygen atoms in total. The summed E-state index contributed by atoms with van der Waals surface area (Å²) in [5.41, 5.74) is 5.72. The maximum atomic E-state index is 12.9. The van der Waals surface area contributed by atoms with Crippen LogP contribution in [0.25, 0.3) is 0 Å². The van der Waals surface area contributed by atoms with E-state index in [1.807, 2.05) is 0 Å². The monoisotopic (exact) mass is 282 g/mol. The van der Waals surface area contributed by atoms with Crippen molar-refractivity contribution in [3.63, 3.8) is 0 Å². The van der Waals surface area contributed by atoms with E-state index in [4.69, 9.17) is 10.2 Å². The maximum Gasteiger partial charge on any atom is 0.277 e. The minimum absolute atomic E-state index is 0.0860. The van der Waals surface area contributed by atoms with Crippen LogP contribution in [0.15, 0.2) is 33.9 Å². The fourth-order valence-corrected chi connectivity index (χ4v) is 1.85. The predicted molar refractivity (Wildman–Crippen MR) is 67.9 cm³/mol. The van der Waals surface area contributed by atoms with Gasteiger partial charge in [-0.2, -0.15) is 0 Å². The number of thioether (sulfide) groups is 1. The van der Waals surface area contributed by atoms with Crippen molar-refractivity contribution in [1.29, 1.82) is 0 Å². The van der Waals surface area contributed by atoms with E-state index in [0.717, 1.165) is 11.8 Å². The number of nitrogens with zero attached hydrogens (tertiary/aromatic N) is 2. The summed E-state index contributed by atoms with van der Waals surface area (Å²) in [6.07, 6.45) is 0. The minimum Gasteiger partial charge on any atom is -0.415 e. The van der Waals surface area contributed by atoms with E-state index in [2.05, 4.69) is 15.5 Å². The molecule has 0 aliphatic rings. The van der Waals surface area contributed by atoms with Crippen LogP contribution in [-0.4, -0.2) is 21.9 Å². The van der Waals surface area contributed by atoms with E-state index >= 15 is 0 Å². The molecule has 0 radical (unpaired) electrons. The molecule has 0 fully saturated rings. The molecule has 1 aromatic heterocycles. The molecule has 0 atom stereocenters. The number of hydrogen-bond donors (Lipinski definition) is 2. The van der Waals surface area contributed by atoms with Gasteiger partial charge >= 0.3 is 0 Å². The number of nitrogens with one attached hydrogen (secondary N) is 1. The fraction of sp³-hybridized carbons (Fsp3) is 0.182. The second-order valence-electron chi connectivity index (χ2n) is 3.51. The summed E-state index contributed by atoms with van der Waals surface area (Å²) in [4.78, 5) is 11.6. The smallest absolute Gasteiger partial charge is 0.277 e. The zero-order valence-electron chi connectivity index (χ0n) is 9.80. The summed E-state index contributed by atoms with van der Waals surface area (Å²) in [6.45, 7) is 0.156. The number of halogens is 1. The van der Waals surface area contributed by atoms with Gasteiger partial charge < -0.3 is 15.5 Å².